The van der Waals surface area contributed by atoms with E-state index in [-0.39, 0.29) is 0 Å². The SMILES string of the molecule is C[C@H](c1ccc2scnc2c1)N1CCc2cc(S(C)(=N)=O)cnc2CC1. The molecule has 2 atom stereocenters. The van der Waals surface area contributed by atoms with Gasteiger partial charge in [0.25, 0.3) is 0 Å². The Bertz CT molecular complexity index is 1060. The van der Waals surface area contributed by atoms with Crippen LogP contribution in [0, 0.1) is 4.78 Å². The summed E-state index contributed by atoms with van der Waals surface area (Å²) in [5, 5.41) is 0. The largest absolute Gasteiger partial charge is 0.296 e. The highest BCUT2D eigenvalue weighted by Gasteiger charge is 2.21. The molecule has 0 amide bonds. The molecule has 3 aromatic rings. The highest BCUT2D eigenvalue weighted by molar-refractivity contribution is 7.91. The third-order valence-electron chi connectivity index (χ3n) is 5.17. The number of nitrogens with one attached hydrogen (secondary N) is 1. The van der Waals surface area contributed by atoms with E-state index in [1.54, 1.807) is 17.5 Å². The molecule has 1 aromatic carbocycles. The number of rotatable bonds is 3. The Morgan fingerprint density at radius 2 is 2.04 bits per heavy atom. The van der Waals surface area contributed by atoms with Gasteiger partial charge in [0.1, 0.15) is 0 Å². The number of nitrogens with zero attached hydrogens (tertiary/aromatic N) is 3. The summed E-state index contributed by atoms with van der Waals surface area (Å²) >= 11 is 1.67. The fourth-order valence-electron chi connectivity index (χ4n) is 3.53. The second-order valence-electron chi connectivity index (χ2n) is 6.91. The Kier molecular flexibility index (Phi) is 4.54. The molecule has 5 nitrogen and oxygen atoms in total. The van der Waals surface area contributed by atoms with Crippen molar-refractivity contribution in [2.45, 2.75) is 30.7 Å². The van der Waals surface area contributed by atoms with Gasteiger partial charge in [0.05, 0.1) is 30.4 Å². The smallest absolute Gasteiger partial charge is 0.0815 e. The number of benzene rings is 1. The van der Waals surface area contributed by atoms with Crippen molar-refractivity contribution in [2.75, 3.05) is 19.3 Å². The second kappa shape index (κ2) is 6.72. The van der Waals surface area contributed by atoms with Gasteiger partial charge < -0.3 is 0 Å². The molecule has 7 heteroatoms. The van der Waals surface area contributed by atoms with Crippen molar-refractivity contribution >= 4 is 31.3 Å². The lowest BCUT2D eigenvalue weighted by Gasteiger charge is -2.27. The molecular formula is C19H22N4OS2. The predicted octanol–water partition coefficient (Wildman–Crippen LogP) is 3.89. The maximum Gasteiger partial charge on any atom is 0.0815 e. The molecule has 0 radical (unpaired) electrons. The van der Waals surface area contributed by atoms with E-state index in [4.69, 9.17) is 4.78 Å². The average molecular weight is 387 g/mol. The number of pyridine rings is 1. The Morgan fingerprint density at radius 3 is 2.85 bits per heavy atom. The Balaban J connectivity index is 1.56. The number of hydrogen-bond donors (Lipinski definition) is 1. The molecule has 0 fully saturated rings. The van der Waals surface area contributed by atoms with Gasteiger partial charge in [-0.25, -0.2) is 14.0 Å². The normalized spacial score (nSPS) is 18.8. The number of hydrogen-bond acceptors (Lipinski definition) is 6. The van der Waals surface area contributed by atoms with Gasteiger partial charge in [-0.2, -0.15) is 0 Å². The molecule has 0 spiro atoms. The Labute approximate surface area is 158 Å². The van der Waals surface area contributed by atoms with Gasteiger partial charge in [0, 0.05) is 43.7 Å². The first-order valence-electron chi connectivity index (χ1n) is 8.70. The molecular weight excluding hydrogens is 364 g/mol. The van der Waals surface area contributed by atoms with E-state index in [0.717, 1.165) is 42.7 Å². The molecule has 2 aromatic heterocycles. The van der Waals surface area contributed by atoms with E-state index in [1.807, 2.05) is 11.6 Å². The molecule has 1 aliphatic rings. The minimum absolute atomic E-state index is 0.307. The molecule has 0 saturated heterocycles. The maximum absolute atomic E-state index is 12.0. The highest BCUT2D eigenvalue weighted by Crippen LogP contribution is 2.28. The molecule has 1 N–H and O–H groups in total. The van der Waals surface area contributed by atoms with Gasteiger partial charge in [0.15, 0.2) is 0 Å². The first-order valence-corrected chi connectivity index (χ1v) is 11.6. The van der Waals surface area contributed by atoms with E-state index in [9.17, 15) is 4.21 Å². The van der Waals surface area contributed by atoms with Gasteiger partial charge in [-0.15, -0.1) is 11.3 Å². The topological polar surface area (TPSA) is 69.9 Å². The third-order valence-corrected chi connectivity index (χ3v) is 7.11. The Hall–Kier alpha value is -1.83. The van der Waals surface area contributed by atoms with Crippen LogP contribution in [0.3, 0.4) is 0 Å². The number of thiazole rings is 1. The van der Waals surface area contributed by atoms with Crippen molar-refractivity contribution in [1.82, 2.24) is 14.9 Å². The fourth-order valence-corrected chi connectivity index (χ4v) is 4.81. The van der Waals surface area contributed by atoms with Crippen LogP contribution in [0.15, 0.2) is 40.9 Å². The van der Waals surface area contributed by atoms with Crippen molar-refractivity contribution < 1.29 is 4.21 Å². The molecule has 1 aliphatic heterocycles. The summed E-state index contributed by atoms with van der Waals surface area (Å²) in [5.41, 5.74) is 6.45. The zero-order valence-corrected chi connectivity index (χ0v) is 16.6. The molecule has 0 aliphatic carbocycles. The fraction of sp³-hybridized carbons (Fsp3) is 0.368. The third kappa shape index (κ3) is 3.39. The zero-order chi connectivity index (χ0) is 18.3. The summed E-state index contributed by atoms with van der Waals surface area (Å²) in [5.74, 6) is 0. The lowest BCUT2D eigenvalue weighted by molar-refractivity contribution is 0.221. The monoisotopic (exact) mass is 386 g/mol. The average Bonchev–Trinajstić information content (AvgIpc) is 2.98. The van der Waals surface area contributed by atoms with Crippen LogP contribution in [0.25, 0.3) is 10.2 Å². The van der Waals surface area contributed by atoms with Gasteiger partial charge >= 0.3 is 0 Å². The molecule has 26 heavy (non-hydrogen) atoms. The van der Waals surface area contributed by atoms with Crippen LogP contribution in [-0.2, 0) is 22.6 Å². The molecule has 3 heterocycles. The summed E-state index contributed by atoms with van der Waals surface area (Å²) < 4.78 is 21.0. The molecule has 1 unspecified atom stereocenters. The van der Waals surface area contributed by atoms with Gasteiger partial charge in [-0.05, 0) is 42.7 Å². The van der Waals surface area contributed by atoms with E-state index in [2.05, 4.69) is 40.0 Å². The van der Waals surface area contributed by atoms with Gasteiger partial charge in [0.2, 0.25) is 0 Å². The first kappa shape index (κ1) is 17.6. The van der Waals surface area contributed by atoms with Crippen molar-refractivity contribution in [1.29, 1.82) is 4.78 Å². The van der Waals surface area contributed by atoms with Crippen LogP contribution in [0.1, 0.15) is 29.8 Å². The van der Waals surface area contributed by atoms with Crippen LogP contribution < -0.4 is 0 Å². The van der Waals surface area contributed by atoms with Crippen LogP contribution in [0.4, 0.5) is 0 Å². The van der Waals surface area contributed by atoms with E-state index < -0.39 is 9.73 Å². The van der Waals surface area contributed by atoms with Crippen molar-refractivity contribution in [3.63, 3.8) is 0 Å². The minimum atomic E-state index is -2.72. The molecule has 4 rings (SSSR count). The Morgan fingerprint density at radius 1 is 1.23 bits per heavy atom. The predicted molar refractivity (Wildman–Crippen MR) is 106 cm³/mol. The van der Waals surface area contributed by atoms with Gasteiger partial charge in [-0.1, -0.05) is 6.07 Å². The lowest BCUT2D eigenvalue weighted by atomic mass is 10.1. The zero-order valence-electron chi connectivity index (χ0n) is 14.9. The second-order valence-corrected chi connectivity index (χ2v) is 9.96. The van der Waals surface area contributed by atoms with Crippen LogP contribution >= 0.6 is 11.3 Å². The van der Waals surface area contributed by atoms with E-state index in [1.165, 1.54) is 16.5 Å². The first-order chi connectivity index (χ1) is 12.4. The van der Waals surface area contributed by atoms with Crippen molar-refractivity contribution in [3.8, 4) is 0 Å². The summed E-state index contributed by atoms with van der Waals surface area (Å²) in [4.78, 5) is 12.0. The van der Waals surface area contributed by atoms with Crippen LogP contribution in [-0.4, -0.2) is 38.4 Å². The van der Waals surface area contributed by atoms with Crippen LogP contribution in [0.5, 0.6) is 0 Å². The minimum Gasteiger partial charge on any atom is -0.296 e. The summed E-state index contributed by atoms with van der Waals surface area (Å²) in [6.45, 7) is 4.11. The van der Waals surface area contributed by atoms with Crippen molar-refractivity contribution in [2.24, 2.45) is 0 Å². The van der Waals surface area contributed by atoms with Gasteiger partial charge in [-0.3, -0.25) is 9.88 Å². The number of fused-ring (bicyclic) bond motifs is 2. The molecule has 136 valence electrons. The van der Waals surface area contributed by atoms with E-state index >= 15 is 0 Å². The van der Waals surface area contributed by atoms with Crippen LogP contribution in [0.2, 0.25) is 0 Å². The molecule has 0 bridgehead atoms. The van der Waals surface area contributed by atoms with E-state index in [0.29, 0.717) is 10.9 Å². The standard InChI is InChI=1S/C19H22N4OS2/c1-13(14-3-4-19-18(10-14)22-12-25-19)23-7-5-15-9-16(26(2,20)24)11-21-17(15)6-8-23/h3-4,9-13,20H,5-8H2,1-2H3/t13-,26?/m1/s1. The quantitative estimate of drug-likeness (QED) is 0.741. The lowest BCUT2D eigenvalue weighted by Crippen LogP contribution is -2.29. The molecule has 0 saturated carbocycles. The number of aromatic nitrogens is 2. The highest BCUT2D eigenvalue weighted by atomic mass is 32.2. The maximum atomic E-state index is 12.0. The summed E-state index contributed by atoms with van der Waals surface area (Å²) in [6.07, 6.45) is 4.82. The van der Waals surface area contributed by atoms with Crippen molar-refractivity contribution in [3.05, 3.63) is 52.8 Å². The summed E-state index contributed by atoms with van der Waals surface area (Å²) in [6, 6.07) is 8.78. The summed E-state index contributed by atoms with van der Waals surface area (Å²) in [7, 11) is -2.72.